The smallest absolute Gasteiger partial charge is 0.231 e. The van der Waals surface area contributed by atoms with Gasteiger partial charge in [0.1, 0.15) is 11.5 Å². The minimum Gasteiger partial charge on any atom is -0.507 e. The number of fused-ring (bicyclic) bond motifs is 2. The zero-order chi connectivity index (χ0) is 20.0. The molecule has 2 aliphatic rings. The van der Waals surface area contributed by atoms with Gasteiger partial charge in [-0.2, -0.15) is 0 Å². The van der Waals surface area contributed by atoms with Crippen molar-refractivity contribution in [3.05, 3.63) is 65.0 Å². The van der Waals surface area contributed by atoms with Crippen LogP contribution in [0.2, 0.25) is 0 Å². The van der Waals surface area contributed by atoms with Crippen molar-refractivity contribution < 1.29 is 14.6 Å². The SMILES string of the molecule is CN1CCN(Cc2c(O)ccc3c2OC(=Cc2c[nH]c4ccccc24)C3=O)CC1. The Kier molecular flexibility index (Phi) is 4.38. The second-order valence-corrected chi connectivity index (χ2v) is 7.75. The molecule has 0 aliphatic carbocycles. The number of likely N-dealkylation sites (N-methyl/N-ethyl adjacent to an activating group) is 1. The number of carbonyl (C=O) groups excluding carboxylic acids is 1. The van der Waals surface area contributed by atoms with Crippen molar-refractivity contribution in [1.29, 1.82) is 0 Å². The Labute approximate surface area is 169 Å². The maximum atomic E-state index is 13.0. The van der Waals surface area contributed by atoms with Crippen LogP contribution in [0.1, 0.15) is 21.5 Å². The van der Waals surface area contributed by atoms with E-state index in [1.807, 2.05) is 30.5 Å². The highest BCUT2D eigenvalue weighted by Gasteiger charge is 2.32. The van der Waals surface area contributed by atoms with Gasteiger partial charge in [-0.15, -0.1) is 0 Å². The number of phenolic OH excluding ortho intramolecular Hbond substituents is 1. The number of aromatic nitrogens is 1. The van der Waals surface area contributed by atoms with Gasteiger partial charge in [0.05, 0.1) is 11.1 Å². The van der Waals surface area contributed by atoms with E-state index < -0.39 is 0 Å². The predicted molar refractivity (Wildman–Crippen MR) is 112 cm³/mol. The average Bonchev–Trinajstić information content (AvgIpc) is 3.28. The van der Waals surface area contributed by atoms with Crippen molar-refractivity contribution in [3.63, 3.8) is 0 Å². The van der Waals surface area contributed by atoms with E-state index in [2.05, 4.69) is 21.8 Å². The standard InChI is InChI=1S/C23H23N3O3/c1-25-8-10-26(11-9-25)14-18-20(27)7-6-17-22(28)21(29-23(17)18)12-15-13-24-19-5-3-2-4-16(15)19/h2-7,12-13,24,27H,8-11,14H2,1H3. The number of benzene rings is 2. The van der Waals surface area contributed by atoms with E-state index in [1.165, 1.54) is 0 Å². The Hall–Kier alpha value is -3.09. The number of phenols is 1. The minimum absolute atomic E-state index is 0.148. The summed E-state index contributed by atoms with van der Waals surface area (Å²) in [5.41, 5.74) is 3.11. The van der Waals surface area contributed by atoms with Gasteiger partial charge in [0, 0.05) is 55.4 Å². The molecule has 2 N–H and O–H groups in total. The zero-order valence-electron chi connectivity index (χ0n) is 16.3. The number of H-pyrrole nitrogens is 1. The number of rotatable bonds is 3. The molecule has 2 aromatic carbocycles. The second-order valence-electron chi connectivity index (χ2n) is 7.75. The summed E-state index contributed by atoms with van der Waals surface area (Å²) in [6.45, 7) is 4.39. The zero-order valence-corrected chi connectivity index (χ0v) is 16.3. The molecule has 1 fully saturated rings. The maximum absolute atomic E-state index is 13.0. The largest absolute Gasteiger partial charge is 0.507 e. The van der Waals surface area contributed by atoms with Gasteiger partial charge in [-0.3, -0.25) is 9.69 Å². The van der Waals surface area contributed by atoms with E-state index >= 15 is 0 Å². The highest BCUT2D eigenvalue weighted by molar-refractivity contribution is 6.15. The van der Waals surface area contributed by atoms with Crippen LogP contribution in [0.25, 0.3) is 17.0 Å². The van der Waals surface area contributed by atoms with Crippen LogP contribution in [-0.2, 0) is 6.54 Å². The van der Waals surface area contributed by atoms with Crippen molar-refractivity contribution >= 4 is 22.8 Å². The Morgan fingerprint density at radius 1 is 1.14 bits per heavy atom. The molecule has 0 radical (unpaired) electrons. The summed E-state index contributed by atoms with van der Waals surface area (Å²) in [5.74, 6) is 0.795. The van der Waals surface area contributed by atoms with E-state index in [0.29, 0.717) is 23.4 Å². The molecule has 1 saturated heterocycles. The van der Waals surface area contributed by atoms with Gasteiger partial charge in [-0.1, -0.05) is 18.2 Å². The molecule has 0 bridgehead atoms. The fraction of sp³-hybridized carbons (Fsp3) is 0.261. The Bertz CT molecular complexity index is 1120. The van der Waals surface area contributed by atoms with Gasteiger partial charge in [0.25, 0.3) is 0 Å². The van der Waals surface area contributed by atoms with Crippen LogP contribution in [0.3, 0.4) is 0 Å². The average molecular weight is 389 g/mol. The summed E-state index contributed by atoms with van der Waals surface area (Å²) in [7, 11) is 2.11. The summed E-state index contributed by atoms with van der Waals surface area (Å²) in [6.07, 6.45) is 3.65. The van der Waals surface area contributed by atoms with E-state index in [9.17, 15) is 9.90 Å². The van der Waals surface area contributed by atoms with Crippen LogP contribution in [0.4, 0.5) is 0 Å². The number of Topliss-reactive ketones (excluding diaryl/α,β-unsaturated/α-hetero) is 1. The number of piperazine rings is 1. The first kappa shape index (κ1) is 18.0. The van der Waals surface area contributed by atoms with E-state index in [4.69, 9.17) is 4.74 Å². The Morgan fingerprint density at radius 3 is 2.76 bits per heavy atom. The number of ketones is 1. The molecular weight excluding hydrogens is 366 g/mol. The van der Waals surface area contributed by atoms with E-state index in [-0.39, 0.29) is 17.3 Å². The molecule has 0 spiro atoms. The molecule has 2 aliphatic heterocycles. The number of carbonyl (C=O) groups is 1. The number of hydrogen-bond donors (Lipinski definition) is 2. The highest BCUT2D eigenvalue weighted by atomic mass is 16.5. The fourth-order valence-corrected chi connectivity index (χ4v) is 4.03. The highest BCUT2D eigenvalue weighted by Crippen LogP contribution is 2.40. The number of hydrogen-bond acceptors (Lipinski definition) is 5. The van der Waals surface area contributed by atoms with Crippen LogP contribution in [-0.4, -0.2) is 58.9 Å². The third-order valence-electron chi connectivity index (χ3n) is 5.80. The van der Waals surface area contributed by atoms with E-state index in [0.717, 1.165) is 42.6 Å². The Balaban J connectivity index is 1.47. The number of nitrogens with zero attached hydrogens (tertiary/aromatic N) is 2. The molecular formula is C23H23N3O3. The van der Waals surface area contributed by atoms with Crippen LogP contribution in [0.15, 0.2) is 48.4 Å². The van der Waals surface area contributed by atoms with Gasteiger partial charge < -0.3 is 19.7 Å². The molecule has 3 heterocycles. The van der Waals surface area contributed by atoms with Crippen molar-refractivity contribution in [1.82, 2.24) is 14.8 Å². The summed E-state index contributed by atoms with van der Waals surface area (Å²) < 4.78 is 6.02. The monoisotopic (exact) mass is 389 g/mol. The third-order valence-corrected chi connectivity index (χ3v) is 5.80. The normalized spacial score (nSPS) is 19.1. The van der Waals surface area contributed by atoms with Crippen LogP contribution in [0, 0.1) is 0 Å². The quantitative estimate of drug-likeness (QED) is 0.673. The molecule has 3 aromatic rings. The van der Waals surface area contributed by atoms with Crippen molar-refractivity contribution in [2.24, 2.45) is 0 Å². The first-order valence-electron chi connectivity index (χ1n) is 9.86. The Morgan fingerprint density at radius 2 is 1.93 bits per heavy atom. The van der Waals surface area contributed by atoms with Crippen LogP contribution in [0.5, 0.6) is 11.5 Å². The molecule has 6 heteroatoms. The van der Waals surface area contributed by atoms with Crippen LogP contribution >= 0.6 is 0 Å². The second kappa shape index (κ2) is 7.06. The maximum Gasteiger partial charge on any atom is 0.231 e. The molecule has 148 valence electrons. The lowest BCUT2D eigenvalue weighted by Gasteiger charge is -2.32. The molecule has 6 nitrogen and oxygen atoms in total. The summed E-state index contributed by atoms with van der Waals surface area (Å²) >= 11 is 0. The van der Waals surface area contributed by atoms with Crippen molar-refractivity contribution in [3.8, 4) is 11.5 Å². The van der Waals surface area contributed by atoms with Crippen LogP contribution < -0.4 is 4.74 Å². The summed E-state index contributed by atoms with van der Waals surface area (Å²) in [4.78, 5) is 20.7. The molecule has 0 unspecified atom stereocenters. The number of ether oxygens (including phenoxy) is 1. The molecule has 0 atom stereocenters. The van der Waals surface area contributed by atoms with Gasteiger partial charge >= 0.3 is 0 Å². The van der Waals surface area contributed by atoms with Gasteiger partial charge in [0.2, 0.25) is 5.78 Å². The summed E-state index contributed by atoms with van der Waals surface area (Å²) in [5, 5.41) is 11.5. The van der Waals surface area contributed by atoms with Gasteiger partial charge in [0.15, 0.2) is 5.76 Å². The minimum atomic E-state index is -0.148. The predicted octanol–water partition coefficient (Wildman–Crippen LogP) is 3.24. The molecule has 1 aromatic heterocycles. The lowest BCUT2D eigenvalue weighted by molar-refractivity contribution is 0.101. The van der Waals surface area contributed by atoms with Crippen molar-refractivity contribution in [2.75, 3.05) is 33.2 Å². The molecule has 0 amide bonds. The lowest BCUT2D eigenvalue weighted by atomic mass is 10.0. The topological polar surface area (TPSA) is 68.8 Å². The van der Waals surface area contributed by atoms with Gasteiger partial charge in [-0.05, 0) is 31.3 Å². The number of aromatic hydroxyl groups is 1. The van der Waals surface area contributed by atoms with Gasteiger partial charge in [-0.25, -0.2) is 0 Å². The first-order chi connectivity index (χ1) is 14.1. The summed E-state index contributed by atoms with van der Waals surface area (Å²) in [6, 6.07) is 11.2. The molecule has 0 saturated carbocycles. The number of nitrogens with one attached hydrogen (secondary N) is 1. The molecule has 5 rings (SSSR count). The fourth-order valence-electron chi connectivity index (χ4n) is 4.03. The number of para-hydroxylation sites is 1. The number of aromatic amines is 1. The lowest BCUT2D eigenvalue weighted by Crippen LogP contribution is -2.43. The number of allylic oxidation sites excluding steroid dienone is 1. The first-order valence-corrected chi connectivity index (χ1v) is 9.86. The molecule has 29 heavy (non-hydrogen) atoms. The third kappa shape index (κ3) is 3.20. The van der Waals surface area contributed by atoms with E-state index in [1.54, 1.807) is 18.2 Å². The van der Waals surface area contributed by atoms with Crippen molar-refractivity contribution in [2.45, 2.75) is 6.54 Å².